The fourth-order valence-corrected chi connectivity index (χ4v) is 2.46. The first kappa shape index (κ1) is 14.1. The standard InChI is InChI=1S/C16H23NO2/c1-16(2,3)13-8-4-5-9-14(13)17-15(18)11-12-7-6-10-19-12/h4-5,8-9,12H,6-7,10-11H2,1-3H3,(H,17,18). The summed E-state index contributed by atoms with van der Waals surface area (Å²) in [6.45, 7) is 7.24. The van der Waals surface area contributed by atoms with Gasteiger partial charge in [0.15, 0.2) is 0 Å². The van der Waals surface area contributed by atoms with Crippen molar-refractivity contribution in [2.75, 3.05) is 11.9 Å². The van der Waals surface area contributed by atoms with Gasteiger partial charge in [0.1, 0.15) is 0 Å². The highest BCUT2D eigenvalue weighted by molar-refractivity contribution is 5.92. The first-order chi connectivity index (χ1) is 8.97. The highest BCUT2D eigenvalue weighted by Crippen LogP contribution is 2.29. The fourth-order valence-electron chi connectivity index (χ4n) is 2.46. The molecule has 1 N–H and O–H groups in total. The number of ether oxygens (including phenoxy) is 1. The van der Waals surface area contributed by atoms with Crippen molar-refractivity contribution in [1.29, 1.82) is 0 Å². The van der Waals surface area contributed by atoms with Crippen LogP contribution in [0.25, 0.3) is 0 Å². The zero-order valence-electron chi connectivity index (χ0n) is 12.0. The molecule has 0 saturated carbocycles. The number of carbonyl (C=O) groups excluding carboxylic acids is 1. The maximum absolute atomic E-state index is 12.1. The molecule has 1 unspecified atom stereocenters. The van der Waals surface area contributed by atoms with E-state index >= 15 is 0 Å². The average Bonchev–Trinajstić information content (AvgIpc) is 2.81. The van der Waals surface area contributed by atoms with Crippen LogP contribution in [-0.4, -0.2) is 18.6 Å². The van der Waals surface area contributed by atoms with Crippen LogP contribution < -0.4 is 5.32 Å². The summed E-state index contributed by atoms with van der Waals surface area (Å²) in [5.41, 5.74) is 2.10. The predicted octanol–water partition coefficient (Wildman–Crippen LogP) is 3.49. The second kappa shape index (κ2) is 5.74. The van der Waals surface area contributed by atoms with Gasteiger partial charge in [-0.15, -0.1) is 0 Å². The van der Waals surface area contributed by atoms with Crippen LogP contribution in [0, 0.1) is 0 Å². The smallest absolute Gasteiger partial charge is 0.226 e. The summed E-state index contributed by atoms with van der Waals surface area (Å²) in [6.07, 6.45) is 2.62. The van der Waals surface area contributed by atoms with E-state index in [1.807, 2.05) is 18.2 Å². The van der Waals surface area contributed by atoms with Gasteiger partial charge in [0, 0.05) is 12.3 Å². The minimum Gasteiger partial charge on any atom is -0.378 e. The molecule has 1 heterocycles. The number of anilines is 1. The van der Waals surface area contributed by atoms with Gasteiger partial charge in [-0.05, 0) is 29.9 Å². The Balaban J connectivity index is 2.04. The van der Waals surface area contributed by atoms with Gasteiger partial charge in [0.05, 0.1) is 12.5 Å². The number of benzene rings is 1. The Morgan fingerprint density at radius 1 is 1.37 bits per heavy atom. The quantitative estimate of drug-likeness (QED) is 0.904. The first-order valence-electron chi connectivity index (χ1n) is 6.98. The summed E-state index contributed by atoms with van der Waals surface area (Å²) in [5, 5.41) is 3.03. The Morgan fingerprint density at radius 2 is 2.11 bits per heavy atom. The van der Waals surface area contributed by atoms with Crippen LogP contribution in [-0.2, 0) is 14.9 Å². The summed E-state index contributed by atoms with van der Waals surface area (Å²) in [4.78, 5) is 12.1. The Morgan fingerprint density at radius 3 is 2.74 bits per heavy atom. The molecule has 2 rings (SSSR count). The molecule has 104 valence electrons. The van der Waals surface area contributed by atoms with Gasteiger partial charge in [-0.25, -0.2) is 0 Å². The van der Waals surface area contributed by atoms with Crippen LogP contribution in [0.15, 0.2) is 24.3 Å². The summed E-state index contributed by atoms with van der Waals surface area (Å²) in [7, 11) is 0. The molecule has 0 aromatic heterocycles. The maximum Gasteiger partial charge on any atom is 0.226 e. The van der Waals surface area contributed by atoms with E-state index in [2.05, 4.69) is 32.2 Å². The third-order valence-electron chi connectivity index (χ3n) is 3.45. The molecule has 1 amide bonds. The van der Waals surface area contributed by atoms with E-state index < -0.39 is 0 Å². The van der Waals surface area contributed by atoms with Gasteiger partial charge < -0.3 is 10.1 Å². The lowest BCUT2D eigenvalue weighted by Gasteiger charge is -2.23. The normalized spacial score (nSPS) is 19.4. The number of rotatable bonds is 3. The third kappa shape index (κ3) is 3.80. The van der Waals surface area contributed by atoms with Crippen LogP contribution in [0.5, 0.6) is 0 Å². The summed E-state index contributed by atoms with van der Waals surface area (Å²) >= 11 is 0. The third-order valence-corrected chi connectivity index (χ3v) is 3.45. The van der Waals surface area contributed by atoms with Gasteiger partial charge in [0.25, 0.3) is 0 Å². The minimum atomic E-state index is 0.0216. The van der Waals surface area contributed by atoms with Crippen molar-refractivity contribution >= 4 is 11.6 Å². The van der Waals surface area contributed by atoms with Gasteiger partial charge in [0.2, 0.25) is 5.91 Å². The second-order valence-electron chi connectivity index (χ2n) is 6.18. The molecule has 1 aliphatic rings. The molecule has 0 spiro atoms. The summed E-state index contributed by atoms with van der Waals surface area (Å²) in [6, 6.07) is 8.00. The van der Waals surface area contributed by atoms with E-state index in [0.717, 1.165) is 30.7 Å². The van der Waals surface area contributed by atoms with E-state index in [4.69, 9.17) is 4.74 Å². The molecular weight excluding hydrogens is 238 g/mol. The lowest BCUT2D eigenvalue weighted by Crippen LogP contribution is -2.22. The van der Waals surface area contributed by atoms with E-state index in [0.29, 0.717) is 6.42 Å². The number of nitrogens with one attached hydrogen (secondary N) is 1. The molecule has 3 nitrogen and oxygen atoms in total. The van der Waals surface area contributed by atoms with Gasteiger partial charge in [-0.3, -0.25) is 4.79 Å². The predicted molar refractivity (Wildman–Crippen MR) is 77.4 cm³/mol. The number of hydrogen-bond acceptors (Lipinski definition) is 2. The Bertz CT molecular complexity index is 442. The van der Waals surface area contributed by atoms with Crippen molar-refractivity contribution < 1.29 is 9.53 Å². The first-order valence-corrected chi connectivity index (χ1v) is 6.98. The van der Waals surface area contributed by atoms with E-state index in [9.17, 15) is 4.79 Å². The van der Waals surface area contributed by atoms with Crippen molar-refractivity contribution in [2.45, 2.75) is 51.6 Å². The highest BCUT2D eigenvalue weighted by Gasteiger charge is 2.21. The molecule has 3 heteroatoms. The molecule has 0 radical (unpaired) electrons. The lowest BCUT2D eigenvalue weighted by molar-refractivity contribution is -0.118. The van der Waals surface area contributed by atoms with Gasteiger partial charge in [-0.1, -0.05) is 39.0 Å². The van der Waals surface area contributed by atoms with E-state index in [1.54, 1.807) is 0 Å². The second-order valence-corrected chi connectivity index (χ2v) is 6.18. The van der Waals surface area contributed by atoms with Crippen LogP contribution in [0.1, 0.15) is 45.6 Å². The fraction of sp³-hybridized carbons (Fsp3) is 0.562. The molecule has 0 aliphatic carbocycles. The van der Waals surface area contributed by atoms with Crippen LogP contribution in [0.3, 0.4) is 0 Å². The van der Waals surface area contributed by atoms with E-state index in [1.165, 1.54) is 0 Å². The molecule has 1 fully saturated rings. The monoisotopic (exact) mass is 261 g/mol. The zero-order chi connectivity index (χ0) is 13.9. The molecule has 19 heavy (non-hydrogen) atoms. The largest absolute Gasteiger partial charge is 0.378 e. The lowest BCUT2D eigenvalue weighted by atomic mass is 9.86. The van der Waals surface area contributed by atoms with E-state index in [-0.39, 0.29) is 17.4 Å². The molecule has 1 aliphatic heterocycles. The molecular formula is C16H23NO2. The Hall–Kier alpha value is -1.35. The summed E-state index contributed by atoms with van der Waals surface area (Å²) in [5.74, 6) is 0.0450. The van der Waals surface area contributed by atoms with Gasteiger partial charge in [-0.2, -0.15) is 0 Å². The van der Waals surface area contributed by atoms with Crippen molar-refractivity contribution in [3.05, 3.63) is 29.8 Å². The number of carbonyl (C=O) groups is 1. The number of hydrogen-bond donors (Lipinski definition) is 1. The molecule has 1 aromatic rings. The van der Waals surface area contributed by atoms with Crippen molar-refractivity contribution in [2.24, 2.45) is 0 Å². The number of para-hydroxylation sites is 1. The molecule has 1 aromatic carbocycles. The highest BCUT2D eigenvalue weighted by atomic mass is 16.5. The van der Waals surface area contributed by atoms with Crippen LogP contribution in [0.4, 0.5) is 5.69 Å². The Kier molecular flexibility index (Phi) is 4.25. The van der Waals surface area contributed by atoms with Crippen LogP contribution >= 0.6 is 0 Å². The molecule has 1 saturated heterocycles. The SMILES string of the molecule is CC(C)(C)c1ccccc1NC(=O)CC1CCCO1. The number of amides is 1. The maximum atomic E-state index is 12.1. The average molecular weight is 261 g/mol. The Labute approximate surface area is 115 Å². The minimum absolute atomic E-state index is 0.0216. The topological polar surface area (TPSA) is 38.3 Å². The zero-order valence-corrected chi connectivity index (χ0v) is 12.0. The molecule has 0 bridgehead atoms. The van der Waals surface area contributed by atoms with Crippen molar-refractivity contribution in [1.82, 2.24) is 0 Å². The van der Waals surface area contributed by atoms with Crippen LogP contribution in [0.2, 0.25) is 0 Å². The summed E-state index contributed by atoms with van der Waals surface area (Å²) < 4.78 is 5.50. The van der Waals surface area contributed by atoms with Crippen molar-refractivity contribution in [3.8, 4) is 0 Å². The van der Waals surface area contributed by atoms with Crippen molar-refractivity contribution in [3.63, 3.8) is 0 Å². The van der Waals surface area contributed by atoms with Gasteiger partial charge >= 0.3 is 0 Å². The molecule has 1 atom stereocenters.